The second-order valence-corrected chi connectivity index (χ2v) is 5.85. The van der Waals surface area contributed by atoms with Crippen LogP contribution in [0.2, 0.25) is 0 Å². The van der Waals surface area contributed by atoms with Gasteiger partial charge in [-0.15, -0.1) is 0 Å². The van der Waals surface area contributed by atoms with Gasteiger partial charge in [0.1, 0.15) is 16.9 Å². The molecular weight excluding hydrogens is 266 g/mol. The molecule has 0 bridgehead atoms. The number of furan rings is 1. The first-order valence-corrected chi connectivity index (χ1v) is 7.54. The van der Waals surface area contributed by atoms with Crippen molar-refractivity contribution >= 4 is 16.9 Å². The van der Waals surface area contributed by atoms with Crippen LogP contribution in [-0.2, 0) is 11.3 Å². The van der Waals surface area contributed by atoms with Gasteiger partial charge in [-0.05, 0) is 38.8 Å². The molecule has 0 amide bonds. The molecular formula is C17H21NO3. The normalized spacial score (nSPS) is 23.0. The highest BCUT2D eigenvalue weighted by atomic mass is 16.4. The summed E-state index contributed by atoms with van der Waals surface area (Å²) in [7, 11) is 0. The van der Waals surface area contributed by atoms with Gasteiger partial charge in [0.2, 0.25) is 0 Å². The summed E-state index contributed by atoms with van der Waals surface area (Å²) in [6.45, 7) is 5.40. The van der Waals surface area contributed by atoms with Crippen molar-refractivity contribution in [1.29, 1.82) is 0 Å². The molecule has 4 heteroatoms. The van der Waals surface area contributed by atoms with E-state index in [2.05, 4.69) is 4.90 Å². The molecule has 1 atom stereocenters. The molecule has 1 fully saturated rings. The molecule has 2 aromatic rings. The minimum absolute atomic E-state index is 0.636. The Bertz CT molecular complexity index is 676. The fourth-order valence-electron chi connectivity index (χ4n) is 3.57. The van der Waals surface area contributed by atoms with Gasteiger partial charge in [0, 0.05) is 17.5 Å². The van der Waals surface area contributed by atoms with E-state index in [4.69, 9.17) is 4.42 Å². The van der Waals surface area contributed by atoms with Gasteiger partial charge in [0.15, 0.2) is 0 Å². The van der Waals surface area contributed by atoms with Gasteiger partial charge in [0.25, 0.3) is 0 Å². The van der Waals surface area contributed by atoms with Crippen LogP contribution in [0.1, 0.15) is 37.5 Å². The predicted molar refractivity (Wildman–Crippen MR) is 81.3 cm³/mol. The van der Waals surface area contributed by atoms with Gasteiger partial charge in [-0.2, -0.15) is 0 Å². The quantitative estimate of drug-likeness (QED) is 0.934. The lowest BCUT2D eigenvalue weighted by molar-refractivity contribution is -0.150. The molecule has 1 aliphatic rings. The van der Waals surface area contributed by atoms with Gasteiger partial charge in [0.05, 0.1) is 0 Å². The second kappa shape index (κ2) is 5.19. The SMILES string of the molecule is CCC1(C(=O)O)CCCN1Cc1c(C)oc2ccccc12. The Balaban J connectivity index is 1.98. The number of carboxylic acid groups (broad SMARTS) is 1. The molecule has 0 saturated carbocycles. The van der Waals surface area contributed by atoms with Gasteiger partial charge < -0.3 is 9.52 Å². The number of carboxylic acids is 1. The topological polar surface area (TPSA) is 53.7 Å². The lowest BCUT2D eigenvalue weighted by Gasteiger charge is -2.33. The molecule has 1 aromatic heterocycles. The maximum absolute atomic E-state index is 11.8. The van der Waals surface area contributed by atoms with Crippen molar-refractivity contribution in [1.82, 2.24) is 4.90 Å². The van der Waals surface area contributed by atoms with Crippen molar-refractivity contribution in [3.05, 3.63) is 35.6 Å². The molecule has 2 heterocycles. The first-order valence-electron chi connectivity index (χ1n) is 7.54. The lowest BCUT2D eigenvalue weighted by Crippen LogP contribution is -2.49. The number of likely N-dealkylation sites (tertiary alicyclic amines) is 1. The Morgan fingerprint density at radius 2 is 2.19 bits per heavy atom. The van der Waals surface area contributed by atoms with Crippen molar-refractivity contribution < 1.29 is 14.3 Å². The van der Waals surface area contributed by atoms with Crippen molar-refractivity contribution in [2.45, 2.75) is 45.2 Å². The third-order valence-corrected chi connectivity index (χ3v) is 4.86. The molecule has 1 aliphatic heterocycles. The Morgan fingerprint density at radius 3 is 2.90 bits per heavy atom. The lowest BCUT2D eigenvalue weighted by atomic mass is 9.92. The van der Waals surface area contributed by atoms with Crippen LogP contribution >= 0.6 is 0 Å². The van der Waals surface area contributed by atoms with Crippen molar-refractivity contribution in [2.75, 3.05) is 6.54 Å². The molecule has 1 aromatic carbocycles. The van der Waals surface area contributed by atoms with Crippen LogP contribution in [0, 0.1) is 6.92 Å². The highest BCUT2D eigenvalue weighted by Crippen LogP contribution is 2.36. The summed E-state index contributed by atoms with van der Waals surface area (Å²) in [5.74, 6) is 0.187. The molecule has 1 N–H and O–H groups in total. The van der Waals surface area contributed by atoms with Gasteiger partial charge in [-0.3, -0.25) is 9.69 Å². The Morgan fingerprint density at radius 1 is 1.43 bits per heavy atom. The van der Waals surface area contributed by atoms with E-state index in [0.29, 0.717) is 13.0 Å². The van der Waals surface area contributed by atoms with Crippen LogP contribution < -0.4 is 0 Å². The molecule has 112 valence electrons. The monoisotopic (exact) mass is 287 g/mol. The summed E-state index contributed by atoms with van der Waals surface area (Å²) >= 11 is 0. The number of para-hydroxylation sites is 1. The predicted octanol–water partition coefficient (Wildman–Crippen LogP) is 3.57. The van der Waals surface area contributed by atoms with E-state index in [1.54, 1.807) is 0 Å². The third-order valence-electron chi connectivity index (χ3n) is 4.86. The van der Waals surface area contributed by atoms with Gasteiger partial charge in [-0.1, -0.05) is 25.1 Å². The summed E-state index contributed by atoms with van der Waals surface area (Å²) in [4.78, 5) is 13.9. The summed E-state index contributed by atoms with van der Waals surface area (Å²) in [5.41, 5.74) is 1.28. The average Bonchev–Trinajstić information content (AvgIpc) is 3.02. The molecule has 3 rings (SSSR count). The van der Waals surface area contributed by atoms with E-state index in [9.17, 15) is 9.90 Å². The maximum Gasteiger partial charge on any atom is 0.324 e. The number of hydrogen-bond donors (Lipinski definition) is 1. The summed E-state index contributed by atoms with van der Waals surface area (Å²) in [5, 5.41) is 10.8. The molecule has 1 unspecified atom stereocenters. The molecule has 21 heavy (non-hydrogen) atoms. The summed E-state index contributed by atoms with van der Waals surface area (Å²) < 4.78 is 5.80. The van der Waals surface area contributed by atoms with E-state index in [1.807, 2.05) is 38.1 Å². The Hall–Kier alpha value is -1.81. The molecule has 0 aliphatic carbocycles. The summed E-state index contributed by atoms with van der Waals surface area (Å²) in [6.07, 6.45) is 2.31. The fraction of sp³-hybridized carbons (Fsp3) is 0.471. The number of fused-ring (bicyclic) bond motifs is 1. The highest BCUT2D eigenvalue weighted by Gasteiger charge is 2.46. The molecule has 0 spiro atoms. The zero-order valence-corrected chi connectivity index (χ0v) is 12.6. The van der Waals surface area contributed by atoms with Crippen molar-refractivity contribution in [2.24, 2.45) is 0 Å². The number of aryl methyl sites for hydroxylation is 1. The van der Waals surface area contributed by atoms with Gasteiger partial charge >= 0.3 is 5.97 Å². The smallest absolute Gasteiger partial charge is 0.324 e. The van der Waals surface area contributed by atoms with Crippen LogP contribution in [-0.4, -0.2) is 28.1 Å². The third kappa shape index (κ3) is 2.14. The number of benzene rings is 1. The van der Waals surface area contributed by atoms with Crippen LogP contribution in [0.4, 0.5) is 0 Å². The first kappa shape index (κ1) is 14.1. The molecule has 4 nitrogen and oxygen atoms in total. The van der Waals surface area contributed by atoms with E-state index < -0.39 is 11.5 Å². The minimum atomic E-state index is -0.717. The molecule has 0 radical (unpaired) electrons. The molecule has 1 saturated heterocycles. The van der Waals surface area contributed by atoms with Crippen molar-refractivity contribution in [3.8, 4) is 0 Å². The number of carbonyl (C=O) groups is 1. The van der Waals surface area contributed by atoms with E-state index in [1.165, 1.54) is 0 Å². The largest absolute Gasteiger partial charge is 0.480 e. The Labute approximate surface area is 124 Å². The number of nitrogens with zero attached hydrogens (tertiary/aromatic N) is 1. The van der Waals surface area contributed by atoms with E-state index >= 15 is 0 Å². The van der Waals surface area contributed by atoms with Crippen LogP contribution in [0.3, 0.4) is 0 Å². The standard InChI is InChI=1S/C17H21NO3/c1-3-17(16(19)20)9-6-10-18(17)11-14-12(2)21-15-8-5-4-7-13(14)15/h4-5,7-8H,3,6,9-11H2,1-2H3,(H,19,20). The fourth-order valence-corrected chi connectivity index (χ4v) is 3.57. The van der Waals surface area contributed by atoms with E-state index in [0.717, 1.165) is 41.7 Å². The van der Waals surface area contributed by atoms with Gasteiger partial charge in [-0.25, -0.2) is 0 Å². The van der Waals surface area contributed by atoms with Crippen LogP contribution in [0.25, 0.3) is 11.0 Å². The zero-order valence-electron chi connectivity index (χ0n) is 12.6. The zero-order chi connectivity index (χ0) is 15.0. The van der Waals surface area contributed by atoms with E-state index in [-0.39, 0.29) is 0 Å². The minimum Gasteiger partial charge on any atom is -0.480 e. The van der Waals surface area contributed by atoms with Crippen molar-refractivity contribution in [3.63, 3.8) is 0 Å². The second-order valence-electron chi connectivity index (χ2n) is 5.85. The maximum atomic E-state index is 11.8. The average molecular weight is 287 g/mol. The number of rotatable bonds is 4. The number of hydrogen-bond acceptors (Lipinski definition) is 3. The summed E-state index contributed by atoms with van der Waals surface area (Å²) in [6, 6.07) is 7.96. The van der Waals surface area contributed by atoms with Crippen LogP contribution in [0.5, 0.6) is 0 Å². The Kier molecular flexibility index (Phi) is 3.49. The highest BCUT2D eigenvalue weighted by molar-refractivity contribution is 5.82. The number of aliphatic carboxylic acids is 1. The van der Waals surface area contributed by atoms with Crippen LogP contribution in [0.15, 0.2) is 28.7 Å². The first-order chi connectivity index (χ1) is 10.1.